The molecule has 0 heterocycles. The summed E-state index contributed by atoms with van der Waals surface area (Å²) < 4.78 is 0. The largest absolute Gasteiger partial charge is 0.412 e. The minimum absolute atomic E-state index is 0. The molecular formula is C9H26O9Y2. The molecule has 122 valence electrons. The Balaban J connectivity index is -0.0000000246. The van der Waals surface area contributed by atoms with Crippen molar-refractivity contribution in [3.63, 3.8) is 0 Å². The van der Waals surface area contributed by atoms with Crippen molar-refractivity contribution >= 4 is 5.94 Å². The van der Waals surface area contributed by atoms with Gasteiger partial charge < -0.3 is 21.5 Å². The van der Waals surface area contributed by atoms with Gasteiger partial charge in [-0.25, -0.2) is 14.9 Å². The molecule has 0 saturated carbocycles. The molecule has 1 atom stereocenters. The van der Waals surface area contributed by atoms with Crippen molar-refractivity contribution in [3.8, 4) is 0 Å². The average Bonchev–Trinajstić information content (AvgIpc) is 2.19. The third kappa shape index (κ3) is 36.6. The number of hydrogen-bond donors (Lipinski definition) is 2. The van der Waals surface area contributed by atoms with Crippen LogP contribution in [0.5, 0.6) is 0 Å². The molecule has 1 unspecified atom stereocenters. The van der Waals surface area contributed by atoms with Gasteiger partial charge in [-0.15, -0.1) is 0 Å². The molecule has 0 aromatic carbocycles. The summed E-state index contributed by atoms with van der Waals surface area (Å²) in [5, 5.41) is 17.2. The minimum atomic E-state index is -2.03. The fourth-order valence-corrected chi connectivity index (χ4v) is 0.356. The smallest absolute Gasteiger partial charge is 0.336 e. The van der Waals surface area contributed by atoms with Gasteiger partial charge in [-0.3, -0.25) is 0 Å². The van der Waals surface area contributed by atoms with Crippen molar-refractivity contribution in [2.45, 2.75) is 40.1 Å². The van der Waals surface area contributed by atoms with Crippen LogP contribution in [0.3, 0.4) is 0 Å². The molecule has 9 nitrogen and oxygen atoms in total. The molecule has 0 fully saturated rings. The number of rotatable bonds is 6. The molecule has 8 N–H and O–H groups in total. The van der Waals surface area contributed by atoms with Crippen LogP contribution in [0.1, 0.15) is 34.1 Å². The Kier molecular flexibility index (Phi) is 91.8. The standard InChI is InChI=1S/C6H14O5.C2H2O.CH4.3H2O.2Y/c1-3-5-9-11-6(7,4-2)10-8;1-2-3;;;;;;/h7-8H,3-5H2,1-2H3;1H2;1H4;3*1H2;;. The summed E-state index contributed by atoms with van der Waals surface area (Å²) in [6.07, 6.45) is 0.832. The van der Waals surface area contributed by atoms with Crippen molar-refractivity contribution in [1.82, 2.24) is 0 Å². The second kappa shape index (κ2) is 37.0. The van der Waals surface area contributed by atoms with E-state index in [4.69, 9.17) is 15.2 Å². The fourth-order valence-electron chi connectivity index (χ4n) is 0.356. The van der Waals surface area contributed by atoms with Crippen LogP contribution in [-0.2, 0) is 84.9 Å². The maximum atomic E-state index is 9.04. The first-order chi connectivity index (χ1) is 6.60. The quantitative estimate of drug-likeness (QED) is 0.171. The first-order valence-corrected chi connectivity index (χ1v) is 4.10. The summed E-state index contributed by atoms with van der Waals surface area (Å²) in [4.78, 5) is 21.1. The maximum Gasteiger partial charge on any atom is 0.336 e. The zero-order valence-corrected chi connectivity index (χ0v) is 16.7. The van der Waals surface area contributed by atoms with E-state index in [9.17, 15) is 0 Å². The normalized spacial score (nSPS) is 9.40. The average molecular weight is 456 g/mol. The predicted molar refractivity (Wildman–Crippen MR) is 65.2 cm³/mol. The van der Waals surface area contributed by atoms with Crippen LogP contribution in [0.2, 0.25) is 0 Å². The number of aliphatic hydroxyl groups is 1. The molecule has 0 spiro atoms. The van der Waals surface area contributed by atoms with Crippen LogP contribution in [0, 0.1) is 0 Å². The summed E-state index contributed by atoms with van der Waals surface area (Å²) in [5.41, 5.74) is 0. The first kappa shape index (κ1) is 49.6. The van der Waals surface area contributed by atoms with Gasteiger partial charge in [0, 0.05) is 71.8 Å². The molecule has 2 radical (unpaired) electrons. The van der Waals surface area contributed by atoms with Gasteiger partial charge in [0.05, 0.1) is 6.61 Å². The van der Waals surface area contributed by atoms with Crippen LogP contribution in [0.15, 0.2) is 6.58 Å². The van der Waals surface area contributed by atoms with Gasteiger partial charge in [-0.1, -0.05) is 21.3 Å². The van der Waals surface area contributed by atoms with Crippen LogP contribution in [-0.4, -0.2) is 45.3 Å². The van der Waals surface area contributed by atoms with E-state index in [2.05, 4.69) is 21.2 Å². The van der Waals surface area contributed by atoms with Gasteiger partial charge in [-0.2, -0.15) is 9.78 Å². The van der Waals surface area contributed by atoms with Gasteiger partial charge in [-0.05, 0) is 13.0 Å². The zero-order chi connectivity index (χ0) is 11.4. The molecular weight excluding hydrogens is 430 g/mol. The van der Waals surface area contributed by atoms with Gasteiger partial charge >= 0.3 is 5.97 Å². The summed E-state index contributed by atoms with van der Waals surface area (Å²) in [6, 6.07) is 0. The second-order valence-corrected chi connectivity index (χ2v) is 2.21. The Hall–Kier alpha value is 1.34. The summed E-state index contributed by atoms with van der Waals surface area (Å²) in [6.45, 7) is 6.48. The van der Waals surface area contributed by atoms with Crippen molar-refractivity contribution in [2.24, 2.45) is 0 Å². The Labute approximate surface area is 169 Å². The molecule has 0 rings (SSSR count). The van der Waals surface area contributed by atoms with E-state index in [1.165, 1.54) is 5.94 Å². The van der Waals surface area contributed by atoms with E-state index >= 15 is 0 Å². The van der Waals surface area contributed by atoms with Crippen LogP contribution >= 0.6 is 0 Å². The topological polar surface area (TPSA) is 180 Å². The first-order valence-electron chi connectivity index (χ1n) is 4.10. The molecule has 20 heavy (non-hydrogen) atoms. The Morgan fingerprint density at radius 2 is 1.55 bits per heavy atom. The number of hydrogen-bond acceptors (Lipinski definition) is 6. The predicted octanol–water partition coefficient (Wildman–Crippen LogP) is -0.949. The van der Waals surface area contributed by atoms with Crippen molar-refractivity contribution in [2.75, 3.05) is 6.61 Å². The van der Waals surface area contributed by atoms with E-state index in [-0.39, 0.29) is 95.7 Å². The summed E-state index contributed by atoms with van der Waals surface area (Å²) in [7, 11) is 0. The summed E-state index contributed by atoms with van der Waals surface area (Å²) in [5.74, 6) is -0.783. The van der Waals surface area contributed by atoms with Gasteiger partial charge in [0.1, 0.15) is 5.94 Å². The molecule has 0 bridgehead atoms. The molecule has 0 aromatic rings. The van der Waals surface area contributed by atoms with E-state index < -0.39 is 5.97 Å². The molecule has 0 aromatic heterocycles. The van der Waals surface area contributed by atoms with Crippen molar-refractivity contribution in [1.29, 1.82) is 0 Å². The fraction of sp³-hybridized carbons (Fsp3) is 0.778. The third-order valence-corrected chi connectivity index (χ3v) is 1.07. The van der Waals surface area contributed by atoms with Gasteiger partial charge in [0.15, 0.2) is 0 Å². The molecule has 0 aliphatic heterocycles. The van der Waals surface area contributed by atoms with Crippen molar-refractivity contribution in [3.05, 3.63) is 6.58 Å². The Bertz CT molecular complexity index is 161. The molecule has 0 aliphatic carbocycles. The summed E-state index contributed by atoms with van der Waals surface area (Å²) >= 11 is 0. The maximum absolute atomic E-state index is 9.04. The van der Waals surface area contributed by atoms with Crippen LogP contribution in [0.25, 0.3) is 0 Å². The molecule has 11 heteroatoms. The molecule has 0 saturated heterocycles. The van der Waals surface area contributed by atoms with E-state index in [0.717, 1.165) is 6.42 Å². The monoisotopic (exact) mass is 456 g/mol. The Morgan fingerprint density at radius 1 is 1.20 bits per heavy atom. The zero-order valence-electron chi connectivity index (χ0n) is 11.0. The SMILES string of the molecule is C.C=C=O.CCCOOC(O)(CC)OO.O.O.O.[Y].[Y]. The van der Waals surface area contributed by atoms with E-state index in [1.807, 2.05) is 6.92 Å². The van der Waals surface area contributed by atoms with E-state index in [1.54, 1.807) is 6.92 Å². The molecule has 0 amide bonds. The van der Waals surface area contributed by atoms with Crippen LogP contribution in [0.4, 0.5) is 0 Å². The van der Waals surface area contributed by atoms with Crippen molar-refractivity contribution < 1.29 is 112 Å². The molecule has 0 aliphatic rings. The van der Waals surface area contributed by atoms with Gasteiger partial charge in [0.25, 0.3) is 0 Å². The third-order valence-electron chi connectivity index (χ3n) is 1.07. The Morgan fingerprint density at radius 3 is 1.75 bits per heavy atom. The van der Waals surface area contributed by atoms with Crippen LogP contribution < -0.4 is 0 Å². The number of carbonyl (C=O) groups excluding carboxylic acids is 1. The van der Waals surface area contributed by atoms with Gasteiger partial charge in [0.2, 0.25) is 0 Å². The van der Waals surface area contributed by atoms with E-state index in [0.29, 0.717) is 6.61 Å². The minimum Gasteiger partial charge on any atom is -0.412 e. The second-order valence-electron chi connectivity index (χ2n) is 2.21.